The van der Waals surface area contributed by atoms with Gasteiger partial charge >= 0.3 is 0 Å². The Bertz CT molecular complexity index is 521. The maximum absolute atomic E-state index is 11.8. The van der Waals surface area contributed by atoms with E-state index in [-0.39, 0.29) is 24.6 Å². The number of rotatable bonds is 7. The van der Waals surface area contributed by atoms with E-state index in [0.717, 1.165) is 6.42 Å². The Morgan fingerprint density at radius 2 is 2.09 bits per heavy atom. The van der Waals surface area contributed by atoms with Crippen LogP contribution in [0.2, 0.25) is 0 Å². The van der Waals surface area contributed by atoms with Gasteiger partial charge in [0.1, 0.15) is 0 Å². The first-order valence-corrected chi connectivity index (χ1v) is 8.25. The predicted molar refractivity (Wildman–Crippen MR) is 85.5 cm³/mol. The summed E-state index contributed by atoms with van der Waals surface area (Å²) < 4.78 is 1.44. The molecule has 1 atom stereocenters. The van der Waals surface area contributed by atoms with Crippen LogP contribution in [0.4, 0.5) is 0 Å². The summed E-state index contributed by atoms with van der Waals surface area (Å²) in [5, 5.41) is 12.7. The van der Waals surface area contributed by atoms with Crippen molar-refractivity contribution in [1.29, 1.82) is 0 Å². The second kappa shape index (κ2) is 8.73. The number of aromatic nitrogens is 1. The zero-order valence-electron chi connectivity index (χ0n) is 13.0. The van der Waals surface area contributed by atoms with Gasteiger partial charge in [-0.05, 0) is 18.4 Å². The van der Waals surface area contributed by atoms with Crippen molar-refractivity contribution in [3.05, 3.63) is 34.7 Å². The second-order valence-electron chi connectivity index (χ2n) is 6.19. The van der Waals surface area contributed by atoms with Crippen LogP contribution in [0, 0.1) is 5.92 Å². The van der Waals surface area contributed by atoms with Crippen molar-refractivity contribution in [3.63, 3.8) is 0 Å². The molecule has 0 saturated heterocycles. The first kappa shape index (κ1) is 16.7. The van der Waals surface area contributed by atoms with Crippen LogP contribution in [0.15, 0.2) is 29.2 Å². The van der Waals surface area contributed by atoms with Crippen LogP contribution >= 0.6 is 0 Å². The molecule has 2 N–H and O–H groups in total. The monoisotopic (exact) mass is 306 g/mol. The number of carbonyl (C=O) groups is 1. The quantitative estimate of drug-likeness (QED) is 0.805. The lowest BCUT2D eigenvalue weighted by atomic mass is 9.86. The molecule has 0 aromatic carbocycles. The Morgan fingerprint density at radius 1 is 1.32 bits per heavy atom. The van der Waals surface area contributed by atoms with Gasteiger partial charge in [-0.1, -0.05) is 38.2 Å². The number of hydrogen-bond acceptors (Lipinski definition) is 3. The van der Waals surface area contributed by atoms with Crippen molar-refractivity contribution in [3.8, 4) is 0 Å². The van der Waals surface area contributed by atoms with Crippen LogP contribution in [0.5, 0.6) is 0 Å². The molecule has 0 radical (unpaired) electrons. The third-order valence-electron chi connectivity index (χ3n) is 4.35. The number of aliphatic hydroxyl groups is 1. The van der Waals surface area contributed by atoms with Crippen molar-refractivity contribution < 1.29 is 9.90 Å². The first-order chi connectivity index (χ1) is 10.6. The van der Waals surface area contributed by atoms with E-state index in [1.165, 1.54) is 42.7 Å². The fourth-order valence-corrected chi connectivity index (χ4v) is 3.03. The van der Waals surface area contributed by atoms with E-state index in [9.17, 15) is 14.7 Å². The molecule has 5 nitrogen and oxygen atoms in total. The molecule has 0 spiro atoms. The SMILES string of the molecule is O=C(CCC1CCCCC1)NCC(O)Cn1ccccc1=O. The summed E-state index contributed by atoms with van der Waals surface area (Å²) in [7, 11) is 0. The molecule has 22 heavy (non-hydrogen) atoms. The minimum atomic E-state index is -0.751. The summed E-state index contributed by atoms with van der Waals surface area (Å²) in [6.45, 7) is 0.382. The first-order valence-electron chi connectivity index (χ1n) is 8.25. The van der Waals surface area contributed by atoms with Crippen molar-refractivity contribution in [1.82, 2.24) is 9.88 Å². The smallest absolute Gasteiger partial charge is 0.250 e. The fourth-order valence-electron chi connectivity index (χ4n) is 3.03. The van der Waals surface area contributed by atoms with Gasteiger partial charge in [0.25, 0.3) is 5.56 Å². The molecule has 2 rings (SSSR count). The lowest BCUT2D eigenvalue weighted by Gasteiger charge is -2.21. The number of nitrogens with one attached hydrogen (secondary N) is 1. The molecular weight excluding hydrogens is 280 g/mol. The molecule has 1 aliphatic rings. The maximum Gasteiger partial charge on any atom is 0.250 e. The van der Waals surface area contributed by atoms with E-state index in [2.05, 4.69) is 5.32 Å². The van der Waals surface area contributed by atoms with E-state index in [1.807, 2.05) is 0 Å². The van der Waals surface area contributed by atoms with E-state index in [1.54, 1.807) is 18.3 Å². The van der Waals surface area contributed by atoms with Crippen LogP contribution in [-0.4, -0.2) is 28.2 Å². The van der Waals surface area contributed by atoms with Crippen LogP contribution in [0.25, 0.3) is 0 Å². The van der Waals surface area contributed by atoms with Crippen molar-refractivity contribution >= 4 is 5.91 Å². The van der Waals surface area contributed by atoms with Crippen LogP contribution < -0.4 is 10.9 Å². The minimum absolute atomic E-state index is 0.00923. The standard InChI is InChI=1S/C17H26N2O3/c20-15(13-19-11-5-4-8-17(19)22)12-18-16(21)10-9-14-6-2-1-3-7-14/h4-5,8,11,14-15,20H,1-3,6-7,9-10,12-13H2,(H,18,21). The topological polar surface area (TPSA) is 71.3 Å². The van der Waals surface area contributed by atoms with Gasteiger partial charge in [-0.3, -0.25) is 9.59 Å². The summed E-state index contributed by atoms with van der Waals surface area (Å²) in [6.07, 6.45) is 8.75. The van der Waals surface area contributed by atoms with E-state index < -0.39 is 6.10 Å². The molecule has 1 unspecified atom stereocenters. The molecule has 1 saturated carbocycles. The fraction of sp³-hybridized carbons (Fsp3) is 0.647. The molecule has 1 aromatic rings. The summed E-state index contributed by atoms with van der Waals surface area (Å²) in [5.74, 6) is 0.678. The van der Waals surface area contributed by atoms with E-state index in [0.29, 0.717) is 12.3 Å². The van der Waals surface area contributed by atoms with Gasteiger partial charge in [-0.15, -0.1) is 0 Å². The number of aliphatic hydroxyl groups excluding tert-OH is 1. The van der Waals surface area contributed by atoms with Crippen LogP contribution in [0.1, 0.15) is 44.9 Å². The molecule has 122 valence electrons. The highest BCUT2D eigenvalue weighted by molar-refractivity contribution is 5.75. The van der Waals surface area contributed by atoms with Crippen LogP contribution in [0.3, 0.4) is 0 Å². The zero-order chi connectivity index (χ0) is 15.8. The third kappa shape index (κ3) is 5.64. The number of nitrogens with zero attached hydrogens (tertiary/aromatic N) is 1. The predicted octanol–water partition coefficient (Wildman–Crippen LogP) is 1.69. The number of hydrogen-bond donors (Lipinski definition) is 2. The normalized spacial score (nSPS) is 17.1. The lowest BCUT2D eigenvalue weighted by molar-refractivity contribution is -0.121. The van der Waals surface area contributed by atoms with Crippen molar-refractivity contribution in [2.75, 3.05) is 6.54 Å². The molecule has 0 aliphatic heterocycles. The van der Waals surface area contributed by atoms with Gasteiger partial charge in [0.15, 0.2) is 0 Å². The minimum Gasteiger partial charge on any atom is -0.389 e. The molecule has 1 heterocycles. The highest BCUT2D eigenvalue weighted by Crippen LogP contribution is 2.27. The molecule has 1 aliphatic carbocycles. The summed E-state index contributed by atoms with van der Waals surface area (Å²) in [4.78, 5) is 23.4. The Balaban J connectivity index is 1.65. The largest absolute Gasteiger partial charge is 0.389 e. The van der Waals surface area contributed by atoms with Gasteiger partial charge in [0.05, 0.1) is 12.6 Å². The second-order valence-corrected chi connectivity index (χ2v) is 6.19. The molecule has 0 bridgehead atoms. The van der Waals surface area contributed by atoms with E-state index in [4.69, 9.17) is 0 Å². The molecule has 1 fully saturated rings. The van der Waals surface area contributed by atoms with Gasteiger partial charge in [-0.2, -0.15) is 0 Å². The molecule has 5 heteroatoms. The number of carbonyl (C=O) groups excluding carboxylic acids is 1. The lowest BCUT2D eigenvalue weighted by Crippen LogP contribution is -2.36. The average molecular weight is 306 g/mol. The van der Waals surface area contributed by atoms with Crippen molar-refractivity contribution in [2.45, 2.75) is 57.6 Å². The Kier molecular flexibility index (Phi) is 6.65. The molecule has 1 aromatic heterocycles. The average Bonchev–Trinajstić information content (AvgIpc) is 2.54. The highest BCUT2D eigenvalue weighted by Gasteiger charge is 2.15. The maximum atomic E-state index is 11.8. The Hall–Kier alpha value is -1.62. The summed E-state index contributed by atoms with van der Waals surface area (Å²) >= 11 is 0. The zero-order valence-corrected chi connectivity index (χ0v) is 13.0. The summed E-state index contributed by atoms with van der Waals surface area (Å²) in [6, 6.07) is 4.87. The van der Waals surface area contributed by atoms with Gasteiger partial charge in [0.2, 0.25) is 5.91 Å². The molecule has 1 amide bonds. The van der Waals surface area contributed by atoms with Gasteiger partial charge < -0.3 is 15.0 Å². The molecular formula is C17H26N2O3. The van der Waals surface area contributed by atoms with Crippen molar-refractivity contribution in [2.24, 2.45) is 5.92 Å². The van der Waals surface area contributed by atoms with Gasteiger partial charge in [0, 0.05) is 25.2 Å². The number of pyridine rings is 1. The third-order valence-corrected chi connectivity index (χ3v) is 4.35. The van der Waals surface area contributed by atoms with E-state index >= 15 is 0 Å². The van der Waals surface area contributed by atoms with Gasteiger partial charge in [-0.25, -0.2) is 0 Å². The Labute approximate surface area is 131 Å². The highest BCUT2D eigenvalue weighted by atomic mass is 16.3. The van der Waals surface area contributed by atoms with Crippen LogP contribution in [-0.2, 0) is 11.3 Å². The summed E-state index contributed by atoms with van der Waals surface area (Å²) in [5.41, 5.74) is -0.148. The number of amides is 1. The Morgan fingerprint density at radius 3 is 2.82 bits per heavy atom.